The smallest absolute Gasteiger partial charge is 0.221 e. The molecule has 12 heavy (non-hydrogen) atoms. The van der Waals surface area contributed by atoms with E-state index in [0.29, 0.717) is 18.2 Å². The third-order valence-electron chi connectivity index (χ3n) is 1.55. The van der Waals surface area contributed by atoms with Gasteiger partial charge in [-0.1, -0.05) is 13.8 Å². The fraction of sp³-hybridized carbons (Fsp3) is 0.889. The molecule has 0 aromatic carbocycles. The lowest BCUT2D eigenvalue weighted by atomic mass is 10.1. The van der Waals surface area contributed by atoms with Gasteiger partial charge in [-0.3, -0.25) is 4.79 Å². The van der Waals surface area contributed by atoms with E-state index in [1.54, 1.807) is 0 Å². The van der Waals surface area contributed by atoms with Gasteiger partial charge in [-0.25, -0.2) is 0 Å². The number of nitrogens with one attached hydrogen (secondary N) is 1. The number of alkyl halides is 1. The van der Waals surface area contributed by atoms with E-state index in [4.69, 9.17) is 11.6 Å². The van der Waals surface area contributed by atoms with Crippen LogP contribution in [0.25, 0.3) is 0 Å². The summed E-state index contributed by atoms with van der Waals surface area (Å²) in [5.74, 6) is 1.08. The van der Waals surface area contributed by atoms with Crippen LogP contribution in [0.5, 0.6) is 0 Å². The van der Waals surface area contributed by atoms with E-state index in [1.807, 2.05) is 6.92 Å². The summed E-state index contributed by atoms with van der Waals surface area (Å²) in [5, 5.41) is 2.89. The van der Waals surface area contributed by atoms with Crippen LogP contribution >= 0.6 is 11.6 Å². The molecular weight excluding hydrogens is 174 g/mol. The number of hydrogen-bond donors (Lipinski definition) is 1. The molecule has 0 aromatic rings. The zero-order valence-corrected chi connectivity index (χ0v) is 8.82. The third-order valence-corrected chi connectivity index (χ3v) is 1.74. The Balaban J connectivity index is 3.54. The molecule has 1 N–H and O–H groups in total. The molecule has 0 saturated heterocycles. The fourth-order valence-corrected chi connectivity index (χ4v) is 1.37. The Morgan fingerprint density at radius 1 is 1.42 bits per heavy atom. The van der Waals surface area contributed by atoms with E-state index in [-0.39, 0.29) is 11.9 Å². The van der Waals surface area contributed by atoms with Crippen LogP contribution in [0.15, 0.2) is 0 Å². The van der Waals surface area contributed by atoms with Crippen LogP contribution in [0.2, 0.25) is 0 Å². The Hall–Kier alpha value is -0.240. The second-order valence-corrected chi connectivity index (χ2v) is 3.92. The summed E-state index contributed by atoms with van der Waals surface area (Å²) in [6, 6.07) is 0.265. The summed E-state index contributed by atoms with van der Waals surface area (Å²) in [5.41, 5.74) is 0. The molecule has 3 heteroatoms. The average molecular weight is 192 g/mol. The van der Waals surface area contributed by atoms with Crippen molar-refractivity contribution in [2.24, 2.45) is 5.92 Å². The average Bonchev–Trinajstić information content (AvgIpc) is 1.84. The second-order valence-electron chi connectivity index (χ2n) is 3.54. The maximum absolute atomic E-state index is 11.0. The summed E-state index contributed by atoms with van der Waals surface area (Å²) >= 11 is 5.42. The molecule has 0 aliphatic heterocycles. The minimum Gasteiger partial charge on any atom is -0.354 e. The van der Waals surface area contributed by atoms with Crippen molar-refractivity contribution in [3.8, 4) is 0 Å². The van der Waals surface area contributed by atoms with Crippen molar-refractivity contribution >= 4 is 17.5 Å². The van der Waals surface area contributed by atoms with E-state index in [2.05, 4.69) is 19.2 Å². The minimum atomic E-state index is 0.0538. The number of hydrogen-bond acceptors (Lipinski definition) is 1. The van der Waals surface area contributed by atoms with Crippen molar-refractivity contribution in [2.75, 3.05) is 5.88 Å². The first kappa shape index (κ1) is 11.8. The van der Waals surface area contributed by atoms with Crippen molar-refractivity contribution in [1.29, 1.82) is 0 Å². The predicted octanol–water partition coefficient (Wildman–Crippen LogP) is 2.17. The highest BCUT2D eigenvalue weighted by molar-refractivity contribution is 6.18. The van der Waals surface area contributed by atoms with Crippen molar-refractivity contribution < 1.29 is 4.79 Å². The van der Waals surface area contributed by atoms with Gasteiger partial charge in [0.05, 0.1) is 0 Å². The van der Waals surface area contributed by atoms with Crippen molar-refractivity contribution in [1.82, 2.24) is 5.32 Å². The number of carbonyl (C=O) groups is 1. The largest absolute Gasteiger partial charge is 0.354 e. The van der Waals surface area contributed by atoms with Gasteiger partial charge in [-0.05, 0) is 19.3 Å². The van der Waals surface area contributed by atoms with E-state index in [0.717, 1.165) is 6.42 Å². The van der Waals surface area contributed by atoms with Crippen LogP contribution < -0.4 is 5.32 Å². The van der Waals surface area contributed by atoms with Gasteiger partial charge in [0.15, 0.2) is 0 Å². The monoisotopic (exact) mass is 191 g/mol. The normalized spacial score (nSPS) is 13.1. The van der Waals surface area contributed by atoms with Crippen molar-refractivity contribution in [2.45, 2.75) is 39.7 Å². The number of carbonyl (C=O) groups excluding carboxylic acids is 1. The van der Waals surface area contributed by atoms with Gasteiger partial charge in [0.25, 0.3) is 0 Å². The molecule has 0 heterocycles. The molecule has 0 fully saturated rings. The van der Waals surface area contributed by atoms with E-state index in [1.165, 1.54) is 0 Å². The maximum atomic E-state index is 11.0. The summed E-state index contributed by atoms with van der Waals surface area (Å²) in [7, 11) is 0. The number of rotatable bonds is 5. The molecule has 0 aliphatic carbocycles. The summed E-state index contributed by atoms with van der Waals surface area (Å²) < 4.78 is 0. The van der Waals surface area contributed by atoms with E-state index >= 15 is 0 Å². The van der Waals surface area contributed by atoms with Gasteiger partial charge in [-0.2, -0.15) is 0 Å². The molecule has 0 radical (unpaired) electrons. The first-order chi connectivity index (χ1) is 5.56. The summed E-state index contributed by atoms with van der Waals surface area (Å²) in [6.45, 7) is 6.31. The molecule has 0 saturated carbocycles. The Bertz CT molecular complexity index is 136. The molecule has 0 aliphatic rings. The molecule has 1 atom stereocenters. The molecule has 0 spiro atoms. The van der Waals surface area contributed by atoms with Crippen molar-refractivity contribution in [3.05, 3.63) is 0 Å². The lowest BCUT2D eigenvalue weighted by molar-refractivity contribution is -0.121. The fourth-order valence-electron chi connectivity index (χ4n) is 1.20. The third kappa shape index (κ3) is 6.47. The lowest BCUT2D eigenvalue weighted by Crippen LogP contribution is -2.33. The Labute approximate surface area is 79.7 Å². The second kappa shape index (κ2) is 6.30. The zero-order valence-electron chi connectivity index (χ0n) is 8.06. The molecule has 2 nitrogen and oxygen atoms in total. The van der Waals surface area contributed by atoms with Gasteiger partial charge in [-0.15, -0.1) is 11.6 Å². The molecule has 0 unspecified atom stereocenters. The first-order valence-electron chi connectivity index (χ1n) is 4.41. The quantitative estimate of drug-likeness (QED) is 0.664. The molecule has 0 aromatic heterocycles. The topological polar surface area (TPSA) is 29.1 Å². The van der Waals surface area contributed by atoms with Gasteiger partial charge in [0, 0.05) is 18.3 Å². The van der Waals surface area contributed by atoms with Crippen LogP contribution in [0.3, 0.4) is 0 Å². The maximum Gasteiger partial charge on any atom is 0.221 e. The molecule has 1 amide bonds. The summed E-state index contributed by atoms with van der Waals surface area (Å²) in [6.07, 6.45) is 1.44. The SMILES string of the molecule is CC(C)C[C@@H](C)NC(=O)CCCl. The van der Waals surface area contributed by atoms with Crippen LogP contribution in [0.1, 0.15) is 33.6 Å². The Morgan fingerprint density at radius 2 is 2.00 bits per heavy atom. The van der Waals surface area contributed by atoms with Crippen LogP contribution in [-0.2, 0) is 4.79 Å². The van der Waals surface area contributed by atoms with Gasteiger partial charge >= 0.3 is 0 Å². The highest BCUT2D eigenvalue weighted by atomic mass is 35.5. The standard InChI is InChI=1S/C9H18ClNO/c1-7(2)6-8(3)11-9(12)4-5-10/h7-8H,4-6H2,1-3H3,(H,11,12)/t8-/m1/s1. The van der Waals surface area contributed by atoms with Gasteiger partial charge < -0.3 is 5.32 Å². The Morgan fingerprint density at radius 3 is 2.42 bits per heavy atom. The molecule has 0 bridgehead atoms. The first-order valence-corrected chi connectivity index (χ1v) is 4.95. The van der Waals surface area contributed by atoms with Crippen LogP contribution in [-0.4, -0.2) is 17.8 Å². The minimum absolute atomic E-state index is 0.0538. The van der Waals surface area contributed by atoms with Gasteiger partial charge in [0.2, 0.25) is 5.91 Å². The Kier molecular flexibility index (Phi) is 6.17. The summed E-state index contributed by atoms with van der Waals surface area (Å²) in [4.78, 5) is 11.0. The number of amides is 1. The van der Waals surface area contributed by atoms with E-state index < -0.39 is 0 Å². The van der Waals surface area contributed by atoms with E-state index in [9.17, 15) is 4.79 Å². The van der Waals surface area contributed by atoms with Crippen LogP contribution in [0.4, 0.5) is 0 Å². The molecular formula is C9H18ClNO. The lowest BCUT2D eigenvalue weighted by Gasteiger charge is -2.15. The molecule has 72 valence electrons. The number of halogens is 1. The predicted molar refractivity (Wildman–Crippen MR) is 52.4 cm³/mol. The van der Waals surface area contributed by atoms with Crippen molar-refractivity contribution in [3.63, 3.8) is 0 Å². The zero-order chi connectivity index (χ0) is 9.56. The van der Waals surface area contributed by atoms with Crippen LogP contribution in [0, 0.1) is 5.92 Å². The van der Waals surface area contributed by atoms with Gasteiger partial charge in [0.1, 0.15) is 0 Å². The highest BCUT2D eigenvalue weighted by Gasteiger charge is 2.07. The molecule has 0 rings (SSSR count). The highest BCUT2D eigenvalue weighted by Crippen LogP contribution is 2.03.